The summed E-state index contributed by atoms with van der Waals surface area (Å²) in [4.78, 5) is 28.2. The number of rotatable bonds is 5. The van der Waals surface area contributed by atoms with E-state index in [2.05, 4.69) is 5.32 Å². The molecule has 0 unspecified atom stereocenters. The highest BCUT2D eigenvalue weighted by molar-refractivity contribution is 6.46. The van der Waals surface area contributed by atoms with Crippen LogP contribution in [0.5, 0.6) is 5.75 Å². The molecular formula is C26H22ClFN2O3. The average molecular weight is 465 g/mol. The van der Waals surface area contributed by atoms with Crippen molar-refractivity contribution in [1.29, 1.82) is 0 Å². The Kier molecular flexibility index (Phi) is 5.95. The van der Waals surface area contributed by atoms with Crippen LogP contribution in [0.3, 0.4) is 0 Å². The van der Waals surface area contributed by atoms with Gasteiger partial charge in [-0.15, -0.1) is 0 Å². The summed E-state index contributed by atoms with van der Waals surface area (Å²) in [5.41, 5.74) is 4.53. The summed E-state index contributed by atoms with van der Waals surface area (Å²) in [5, 5.41) is 2.96. The highest BCUT2D eigenvalue weighted by atomic mass is 35.5. The molecule has 0 spiro atoms. The number of nitrogens with zero attached hydrogens (tertiary/aromatic N) is 1. The van der Waals surface area contributed by atoms with E-state index in [9.17, 15) is 14.0 Å². The van der Waals surface area contributed by atoms with Gasteiger partial charge >= 0.3 is 0 Å². The van der Waals surface area contributed by atoms with Gasteiger partial charge < -0.3 is 10.1 Å². The fourth-order valence-corrected chi connectivity index (χ4v) is 4.08. The van der Waals surface area contributed by atoms with Crippen molar-refractivity contribution >= 4 is 40.4 Å². The third kappa shape index (κ3) is 4.10. The molecular weight excluding hydrogens is 443 g/mol. The first-order chi connectivity index (χ1) is 15.7. The third-order valence-electron chi connectivity index (χ3n) is 5.51. The van der Waals surface area contributed by atoms with E-state index in [0.29, 0.717) is 17.0 Å². The molecule has 4 rings (SSSR count). The molecule has 1 aliphatic heterocycles. The Morgan fingerprint density at radius 1 is 0.909 bits per heavy atom. The summed E-state index contributed by atoms with van der Waals surface area (Å²) in [7, 11) is 1.53. The van der Waals surface area contributed by atoms with Crippen molar-refractivity contribution in [2.75, 3.05) is 17.3 Å². The van der Waals surface area contributed by atoms with Crippen molar-refractivity contribution in [3.8, 4) is 5.75 Å². The Bertz CT molecular complexity index is 1330. The van der Waals surface area contributed by atoms with Crippen LogP contribution < -0.4 is 15.0 Å². The number of nitrogens with one attached hydrogen (secondary N) is 1. The van der Waals surface area contributed by atoms with E-state index in [4.69, 9.17) is 16.3 Å². The molecule has 0 atom stereocenters. The van der Waals surface area contributed by atoms with E-state index in [1.807, 2.05) is 51.1 Å². The van der Waals surface area contributed by atoms with Crippen molar-refractivity contribution in [3.05, 3.63) is 93.4 Å². The van der Waals surface area contributed by atoms with Gasteiger partial charge in [0.25, 0.3) is 11.8 Å². The smallest absolute Gasteiger partial charge is 0.282 e. The second-order valence-electron chi connectivity index (χ2n) is 7.94. The molecule has 0 fully saturated rings. The zero-order valence-electron chi connectivity index (χ0n) is 18.6. The van der Waals surface area contributed by atoms with Crippen molar-refractivity contribution < 1.29 is 18.7 Å². The number of amides is 2. The number of benzene rings is 3. The third-order valence-corrected chi connectivity index (χ3v) is 5.80. The van der Waals surface area contributed by atoms with Gasteiger partial charge in [0.05, 0.1) is 29.1 Å². The maximum absolute atomic E-state index is 13.7. The number of ether oxygens (including phenoxy) is 1. The van der Waals surface area contributed by atoms with Gasteiger partial charge in [-0.1, -0.05) is 41.4 Å². The summed E-state index contributed by atoms with van der Waals surface area (Å²) in [5.74, 6) is -1.20. The molecule has 2 amide bonds. The summed E-state index contributed by atoms with van der Waals surface area (Å²) >= 11 is 5.94. The predicted octanol–water partition coefficient (Wildman–Crippen LogP) is 5.81. The molecule has 7 heteroatoms. The summed E-state index contributed by atoms with van der Waals surface area (Å²) in [6.45, 7) is 5.75. The molecule has 3 aromatic rings. The van der Waals surface area contributed by atoms with Gasteiger partial charge in [-0.3, -0.25) is 9.59 Å². The quantitative estimate of drug-likeness (QED) is 0.484. The van der Waals surface area contributed by atoms with Crippen LogP contribution in [-0.4, -0.2) is 18.9 Å². The van der Waals surface area contributed by atoms with Crippen molar-refractivity contribution in [2.45, 2.75) is 20.8 Å². The van der Waals surface area contributed by atoms with E-state index in [-0.39, 0.29) is 22.0 Å². The molecule has 0 bridgehead atoms. The van der Waals surface area contributed by atoms with E-state index >= 15 is 0 Å². The number of hydrogen-bond acceptors (Lipinski definition) is 4. The van der Waals surface area contributed by atoms with Gasteiger partial charge in [-0.05, 0) is 67.8 Å². The maximum Gasteiger partial charge on any atom is 0.282 e. The van der Waals surface area contributed by atoms with E-state index in [1.165, 1.54) is 19.2 Å². The fourth-order valence-electron chi connectivity index (χ4n) is 3.90. The molecule has 0 saturated heterocycles. The Morgan fingerprint density at radius 2 is 1.61 bits per heavy atom. The van der Waals surface area contributed by atoms with Crippen molar-refractivity contribution in [2.24, 2.45) is 0 Å². The van der Waals surface area contributed by atoms with Gasteiger partial charge in [-0.2, -0.15) is 0 Å². The Balaban J connectivity index is 1.90. The number of imide groups is 1. The highest BCUT2D eigenvalue weighted by Crippen LogP contribution is 2.37. The Morgan fingerprint density at radius 3 is 2.27 bits per heavy atom. The molecule has 1 N–H and O–H groups in total. The van der Waals surface area contributed by atoms with Gasteiger partial charge in [-0.25, -0.2) is 9.29 Å². The normalized spacial score (nSPS) is 13.7. The first kappa shape index (κ1) is 22.6. The summed E-state index contributed by atoms with van der Waals surface area (Å²) in [6, 6.07) is 14.9. The lowest BCUT2D eigenvalue weighted by atomic mass is 9.97. The zero-order valence-corrected chi connectivity index (χ0v) is 19.4. The van der Waals surface area contributed by atoms with E-state index in [1.54, 1.807) is 6.07 Å². The topological polar surface area (TPSA) is 58.6 Å². The monoisotopic (exact) mass is 464 g/mol. The minimum absolute atomic E-state index is 0.108. The van der Waals surface area contributed by atoms with Crippen LogP contribution in [-0.2, 0) is 9.59 Å². The van der Waals surface area contributed by atoms with Crippen LogP contribution in [0.1, 0.15) is 22.3 Å². The first-order valence-corrected chi connectivity index (χ1v) is 10.7. The van der Waals surface area contributed by atoms with Crippen LogP contribution in [0.2, 0.25) is 5.02 Å². The fraction of sp³-hybridized carbons (Fsp3) is 0.154. The second-order valence-corrected chi connectivity index (χ2v) is 8.35. The molecule has 1 aliphatic rings. The number of anilines is 2. The minimum Gasteiger partial charge on any atom is -0.495 e. The number of carbonyl (C=O) groups is 2. The van der Waals surface area contributed by atoms with Gasteiger partial charge in [0.2, 0.25) is 0 Å². The summed E-state index contributed by atoms with van der Waals surface area (Å²) < 4.78 is 19.2. The molecule has 5 nitrogen and oxygen atoms in total. The molecule has 1 heterocycles. The van der Waals surface area contributed by atoms with Crippen LogP contribution in [0.15, 0.2) is 60.3 Å². The van der Waals surface area contributed by atoms with E-state index in [0.717, 1.165) is 27.7 Å². The summed E-state index contributed by atoms with van der Waals surface area (Å²) in [6.07, 6.45) is 0. The number of halogens is 2. The lowest BCUT2D eigenvalue weighted by Crippen LogP contribution is -2.32. The highest BCUT2D eigenvalue weighted by Gasteiger charge is 2.41. The Hall–Kier alpha value is -3.64. The van der Waals surface area contributed by atoms with E-state index < -0.39 is 17.6 Å². The molecule has 0 aromatic heterocycles. The van der Waals surface area contributed by atoms with Gasteiger partial charge in [0, 0.05) is 0 Å². The molecule has 0 saturated carbocycles. The second kappa shape index (κ2) is 8.71. The molecule has 0 radical (unpaired) electrons. The minimum atomic E-state index is -0.634. The van der Waals surface area contributed by atoms with Gasteiger partial charge in [0.15, 0.2) is 0 Å². The van der Waals surface area contributed by atoms with Crippen LogP contribution in [0, 0.1) is 26.6 Å². The average Bonchev–Trinajstić information content (AvgIpc) is 3.00. The number of hydrogen-bond donors (Lipinski definition) is 1. The molecule has 168 valence electrons. The van der Waals surface area contributed by atoms with Crippen LogP contribution in [0.4, 0.5) is 15.8 Å². The Labute approximate surface area is 196 Å². The van der Waals surface area contributed by atoms with Crippen molar-refractivity contribution in [1.82, 2.24) is 0 Å². The lowest BCUT2D eigenvalue weighted by molar-refractivity contribution is -0.120. The molecule has 33 heavy (non-hydrogen) atoms. The predicted molar refractivity (Wildman–Crippen MR) is 128 cm³/mol. The van der Waals surface area contributed by atoms with Crippen molar-refractivity contribution in [3.63, 3.8) is 0 Å². The standard InChI is InChI=1S/C26H22ClFN2O3/c1-14-5-8-18(16(3)11-14)23-24(29-21-12-15(2)6-10-22(21)33-4)26(32)30(25(23)31)17-7-9-20(28)19(27)13-17/h5-13,29H,1-4H3. The zero-order chi connectivity index (χ0) is 23.9. The molecule has 0 aliphatic carbocycles. The maximum atomic E-state index is 13.7. The largest absolute Gasteiger partial charge is 0.495 e. The number of aryl methyl sites for hydroxylation is 3. The first-order valence-electron chi connectivity index (χ1n) is 10.3. The number of methoxy groups -OCH3 is 1. The van der Waals surface area contributed by atoms with Crippen LogP contribution in [0.25, 0.3) is 5.57 Å². The number of carbonyl (C=O) groups excluding carboxylic acids is 2. The van der Waals surface area contributed by atoms with Gasteiger partial charge in [0.1, 0.15) is 17.3 Å². The molecule has 3 aromatic carbocycles. The SMILES string of the molecule is COc1ccc(C)cc1NC1=C(c2ccc(C)cc2C)C(=O)N(c2ccc(F)c(Cl)c2)C1=O. The lowest BCUT2D eigenvalue weighted by Gasteiger charge is -2.16. The van der Waals surface area contributed by atoms with Crippen LogP contribution >= 0.6 is 11.6 Å².